The summed E-state index contributed by atoms with van der Waals surface area (Å²) in [4.78, 5) is 0. The van der Waals surface area contributed by atoms with Crippen molar-refractivity contribution in [3.05, 3.63) is 23.9 Å². The van der Waals surface area contributed by atoms with Crippen LogP contribution in [0, 0.1) is 6.92 Å². The van der Waals surface area contributed by atoms with Gasteiger partial charge in [-0.05, 0) is 31.4 Å². The van der Waals surface area contributed by atoms with Crippen molar-refractivity contribution in [1.82, 2.24) is 10.2 Å². The van der Waals surface area contributed by atoms with Crippen molar-refractivity contribution >= 4 is 10.9 Å². The first-order valence-corrected chi connectivity index (χ1v) is 4.93. The summed E-state index contributed by atoms with van der Waals surface area (Å²) in [5.74, 6) is 0.960. The van der Waals surface area contributed by atoms with Gasteiger partial charge in [0.2, 0.25) is 0 Å². The summed E-state index contributed by atoms with van der Waals surface area (Å²) in [7, 11) is 0. The molecule has 1 saturated carbocycles. The lowest BCUT2D eigenvalue weighted by atomic mass is 10.1. The summed E-state index contributed by atoms with van der Waals surface area (Å²) in [5.41, 5.74) is 2.27. The van der Waals surface area contributed by atoms with Crippen molar-refractivity contribution in [2.45, 2.75) is 25.9 Å². The molecule has 14 heavy (non-hydrogen) atoms. The Bertz CT molecular complexity index is 471. The molecule has 0 aliphatic heterocycles. The molecule has 1 aliphatic rings. The fraction of sp³-hybridized carbons (Fsp3) is 0.364. The zero-order chi connectivity index (χ0) is 9.54. The van der Waals surface area contributed by atoms with Crippen LogP contribution in [0.15, 0.2) is 18.3 Å². The molecule has 0 bridgehead atoms. The van der Waals surface area contributed by atoms with Crippen LogP contribution in [0.5, 0.6) is 5.75 Å². The predicted molar refractivity (Wildman–Crippen MR) is 54.5 cm³/mol. The van der Waals surface area contributed by atoms with Crippen LogP contribution in [-0.4, -0.2) is 16.3 Å². The normalized spacial score (nSPS) is 16.1. The van der Waals surface area contributed by atoms with Gasteiger partial charge in [0.15, 0.2) is 0 Å². The molecule has 0 unspecified atom stereocenters. The van der Waals surface area contributed by atoms with Crippen LogP contribution in [0.2, 0.25) is 0 Å². The number of ether oxygens (including phenoxy) is 1. The van der Waals surface area contributed by atoms with Crippen molar-refractivity contribution in [2.24, 2.45) is 0 Å². The number of nitrogens with zero attached hydrogens (tertiary/aromatic N) is 1. The second kappa shape index (κ2) is 2.74. The summed E-state index contributed by atoms with van der Waals surface area (Å²) in [6.45, 7) is 2.08. The lowest BCUT2D eigenvalue weighted by Crippen LogP contribution is -1.95. The Kier molecular flexibility index (Phi) is 1.54. The lowest BCUT2D eigenvalue weighted by molar-refractivity contribution is 0.303. The first-order chi connectivity index (χ1) is 6.83. The van der Waals surface area contributed by atoms with Gasteiger partial charge in [-0.1, -0.05) is 0 Å². The largest absolute Gasteiger partial charge is 0.490 e. The minimum absolute atomic E-state index is 0.453. The molecule has 1 aromatic heterocycles. The van der Waals surface area contributed by atoms with Crippen LogP contribution in [0.1, 0.15) is 18.4 Å². The van der Waals surface area contributed by atoms with E-state index in [-0.39, 0.29) is 0 Å². The zero-order valence-electron chi connectivity index (χ0n) is 8.08. The molecule has 1 N–H and O–H groups in total. The Morgan fingerprint density at radius 1 is 1.43 bits per heavy atom. The molecule has 3 rings (SSSR count). The van der Waals surface area contributed by atoms with Crippen LogP contribution in [0.25, 0.3) is 10.9 Å². The number of hydrogen-bond acceptors (Lipinski definition) is 2. The van der Waals surface area contributed by atoms with E-state index in [1.54, 1.807) is 0 Å². The van der Waals surface area contributed by atoms with Gasteiger partial charge in [0.25, 0.3) is 0 Å². The molecule has 1 fully saturated rings. The average molecular weight is 188 g/mol. The molecule has 0 atom stereocenters. The monoisotopic (exact) mass is 188 g/mol. The van der Waals surface area contributed by atoms with Gasteiger partial charge in [0.05, 0.1) is 17.8 Å². The Morgan fingerprint density at radius 2 is 2.29 bits per heavy atom. The average Bonchev–Trinajstić information content (AvgIpc) is 2.82. The van der Waals surface area contributed by atoms with Gasteiger partial charge in [0.1, 0.15) is 5.75 Å². The van der Waals surface area contributed by atoms with Crippen molar-refractivity contribution in [3.63, 3.8) is 0 Å². The maximum atomic E-state index is 5.74. The van der Waals surface area contributed by atoms with Gasteiger partial charge < -0.3 is 4.74 Å². The second-order valence-corrected chi connectivity index (χ2v) is 3.89. The summed E-state index contributed by atoms with van der Waals surface area (Å²) < 4.78 is 5.74. The molecule has 1 aliphatic carbocycles. The van der Waals surface area contributed by atoms with Crippen LogP contribution in [0.4, 0.5) is 0 Å². The van der Waals surface area contributed by atoms with Crippen molar-refractivity contribution in [3.8, 4) is 5.75 Å². The van der Waals surface area contributed by atoms with Crippen LogP contribution in [-0.2, 0) is 0 Å². The van der Waals surface area contributed by atoms with E-state index in [0.717, 1.165) is 11.3 Å². The number of hydrogen-bond donors (Lipinski definition) is 1. The Morgan fingerprint density at radius 3 is 3.07 bits per heavy atom. The quantitative estimate of drug-likeness (QED) is 0.785. The smallest absolute Gasteiger partial charge is 0.122 e. The number of nitrogens with one attached hydrogen (secondary N) is 1. The summed E-state index contributed by atoms with van der Waals surface area (Å²) in [5, 5.41) is 8.16. The SMILES string of the molecule is Cc1cc(OC2CC2)cc2[nH]ncc12. The van der Waals surface area contributed by atoms with Crippen molar-refractivity contribution in [1.29, 1.82) is 0 Å². The Balaban J connectivity index is 2.06. The molecule has 2 aromatic rings. The summed E-state index contributed by atoms with van der Waals surface area (Å²) in [6.07, 6.45) is 4.70. The van der Waals surface area contributed by atoms with Crippen LogP contribution >= 0.6 is 0 Å². The van der Waals surface area contributed by atoms with Gasteiger partial charge in [-0.3, -0.25) is 5.10 Å². The van der Waals surface area contributed by atoms with E-state index in [9.17, 15) is 0 Å². The van der Waals surface area contributed by atoms with Gasteiger partial charge in [0, 0.05) is 11.5 Å². The zero-order valence-corrected chi connectivity index (χ0v) is 8.08. The van der Waals surface area contributed by atoms with E-state index in [4.69, 9.17) is 4.74 Å². The molecule has 0 saturated heterocycles. The lowest BCUT2D eigenvalue weighted by Gasteiger charge is -2.05. The van der Waals surface area contributed by atoms with Gasteiger partial charge in [-0.25, -0.2) is 0 Å². The third-order valence-electron chi connectivity index (χ3n) is 2.57. The van der Waals surface area contributed by atoms with Crippen LogP contribution in [0.3, 0.4) is 0 Å². The summed E-state index contributed by atoms with van der Waals surface area (Å²) >= 11 is 0. The summed E-state index contributed by atoms with van der Waals surface area (Å²) in [6, 6.07) is 4.10. The van der Waals surface area contributed by atoms with E-state index in [2.05, 4.69) is 23.2 Å². The number of H-pyrrole nitrogens is 1. The second-order valence-electron chi connectivity index (χ2n) is 3.89. The minimum Gasteiger partial charge on any atom is -0.490 e. The predicted octanol–water partition coefficient (Wildman–Crippen LogP) is 2.41. The fourth-order valence-corrected chi connectivity index (χ4v) is 1.64. The number of benzene rings is 1. The molecule has 1 heterocycles. The molecule has 72 valence electrons. The van der Waals surface area contributed by atoms with E-state index in [1.165, 1.54) is 23.8 Å². The third-order valence-corrected chi connectivity index (χ3v) is 2.57. The number of aromatic amines is 1. The number of aryl methyl sites for hydroxylation is 1. The first-order valence-electron chi connectivity index (χ1n) is 4.93. The van der Waals surface area contributed by atoms with E-state index >= 15 is 0 Å². The van der Waals surface area contributed by atoms with Gasteiger partial charge in [-0.15, -0.1) is 0 Å². The molecule has 3 heteroatoms. The molecule has 0 spiro atoms. The van der Waals surface area contributed by atoms with Gasteiger partial charge >= 0.3 is 0 Å². The Hall–Kier alpha value is -1.51. The molecule has 0 radical (unpaired) electrons. The molecule has 0 amide bonds. The molecular weight excluding hydrogens is 176 g/mol. The topological polar surface area (TPSA) is 37.9 Å². The van der Waals surface area contributed by atoms with E-state index in [0.29, 0.717) is 6.10 Å². The van der Waals surface area contributed by atoms with Gasteiger partial charge in [-0.2, -0.15) is 5.10 Å². The maximum absolute atomic E-state index is 5.74. The highest BCUT2D eigenvalue weighted by atomic mass is 16.5. The van der Waals surface area contributed by atoms with E-state index < -0.39 is 0 Å². The maximum Gasteiger partial charge on any atom is 0.122 e. The third kappa shape index (κ3) is 1.25. The number of rotatable bonds is 2. The molecule has 3 nitrogen and oxygen atoms in total. The first kappa shape index (κ1) is 7.85. The highest BCUT2D eigenvalue weighted by Crippen LogP contribution is 2.29. The van der Waals surface area contributed by atoms with Crippen LogP contribution < -0.4 is 4.74 Å². The molecule has 1 aromatic carbocycles. The highest BCUT2D eigenvalue weighted by Gasteiger charge is 2.23. The fourth-order valence-electron chi connectivity index (χ4n) is 1.64. The number of fused-ring (bicyclic) bond motifs is 1. The minimum atomic E-state index is 0.453. The van der Waals surface area contributed by atoms with Crippen molar-refractivity contribution < 1.29 is 4.74 Å². The number of aromatic nitrogens is 2. The van der Waals surface area contributed by atoms with E-state index in [1.807, 2.05) is 12.3 Å². The van der Waals surface area contributed by atoms with Crippen molar-refractivity contribution in [2.75, 3.05) is 0 Å². The molecular formula is C11H12N2O. The Labute approximate surface area is 82.1 Å². The highest BCUT2D eigenvalue weighted by molar-refractivity contribution is 5.82. The standard InChI is InChI=1S/C11H12N2O/c1-7-4-9(14-8-2-3-8)5-11-10(7)6-12-13-11/h4-6,8H,2-3H2,1H3,(H,12,13).